The number of nitrogens with zero attached hydrogens (tertiary/aromatic N) is 2. The van der Waals surface area contributed by atoms with E-state index in [1.54, 1.807) is 14.0 Å². The standard InChI is InChI=1S/C12H14N4O2S2/c1-7(10(13)17)19-12-16-15-11(20-12)14-8-3-5-9(18-2)6-4-8/h3-7H,1-2H3,(H2,13,17)(H,14,15)/t7-/m1/s1. The first-order chi connectivity index (χ1) is 9.58. The first-order valence-electron chi connectivity index (χ1n) is 5.79. The molecule has 1 atom stereocenters. The number of methoxy groups -OCH3 is 1. The van der Waals surface area contributed by atoms with E-state index in [0.717, 1.165) is 11.4 Å². The molecule has 2 rings (SSSR count). The minimum Gasteiger partial charge on any atom is -0.497 e. The van der Waals surface area contributed by atoms with Crippen LogP contribution in [0.4, 0.5) is 10.8 Å². The fourth-order valence-corrected chi connectivity index (χ4v) is 3.18. The molecule has 0 bridgehead atoms. The second-order valence-corrected chi connectivity index (χ2v) is 6.45. The third kappa shape index (κ3) is 3.84. The van der Waals surface area contributed by atoms with E-state index in [9.17, 15) is 4.79 Å². The second-order valence-electron chi connectivity index (χ2n) is 3.89. The molecule has 0 spiro atoms. The minimum atomic E-state index is -0.366. The summed E-state index contributed by atoms with van der Waals surface area (Å²) in [6.45, 7) is 1.74. The number of hydrogen-bond donors (Lipinski definition) is 2. The maximum atomic E-state index is 11.0. The van der Waals surface area contributed by atoms with Gasteiger partial charge in [-0.1, -0.05) is 23.1 Å². The highest BCUT2D eigenvalue weighted by molar-refractivity contribution is 8.02. The monoisotopic (exact) mass is 310 g/mol. The summed E-state index contributed by atoms with van der Waals surface area (Å²) in [7, 11) is 1.62. The molecule has 1 amide bonds. The molecule has 2 aromatic rings. The van der Waals surface area contributed by atoms with Crippen molar-refractivity contribution in [3.05, 3.63) is 24.3 Å². The molecule has 0 radical (unpaired) electrons. The highest BCUT2D eigenvalue weighted by Crippen LogP contribution is 2.30. The largest absolute Gasteiger partial charge is 0.497 e. The Kier molecular flexibility index (Phi) is 4.80. The van der Waals surface area contributed by atoms with Crippen LogP contribution in [0.15, 0.2) is 28.6 Å². The Morgan fingerprint density at radius 3 is 2.70 bits per heavy atom. The predicted molar refractivity (Wildman–Crippen MR) is 80.7 cm³/mol. The zero-order valence-corrected chi connectivity index (χ0v) is 12.6. The van der Waals surface area contributed by atoms with Crippen molar-refractivity contribution < 1.29 is 9.53 Å². The van der Waals surface area contributed by atoms with E-state index < -0.39 is 0 Å². The van der Waals surface area contributed by atoms with Crippen molar-refractivity contribution in [3.8, 4) is 5.75 Å². The summed E-state index contributed by atoms with van der Waals surface area (Å²) >= 11 is 2.67. The number of carbonyl (C=O) groups excluding carboxylic acids is 1. The van der Waals surface area contributed by atoms with Gasteiger partial charge in [0, 0.05) is 5.69 Å². The van der Waals surface area contributed by atoms with Gasteiger partial charge in [-0.25, -0.2) is 0 Å². The van der Waals surface area contributed by atoms with Gasteiger partial charge < -0.3 is 15.8 Å². The van der Waals surface area contributed by atoms with Crippen LogP contribution in [0, 0.1) is 0 Å². The molecule has 3 N–H and O–H groups in total. The lowest BCUT2D eigenvalue weighted by molar-refractivity contribution is -0.117. The molecule has 0 saturated carbocycles. The van der Waals surface area contributed by atoms with Crippen LogP contribution in [-0.2, 0) is 4.79 Å². The van der Waals surface area contributed by atoms with E-state index >= 15 is 0 Å². The highest BCUT2D eigenvalue weighted by atomic mass is 32.2. The number of ether oxygens (including phenoxy) is 1. The predicted octanol–water partition coefficient (Wildman–Crippen LogP) is 2.26. The van der Waals surface area contributed by atoms with E-state index in [-0.39, 0.29) is 11.2 Å². The molecule has 1 heterocycles. The number of benzene rings is 1. The van der Waals surface area contributed by atoms with Gasteiger partial charge in [0.25, 0.3) is 0 Å². The number of thioether (sulfide) groups is 1. The van der Waals surface area contributed by atoms with Gasteiger partial charge in [0.05, 0.1) is 12.4 Å². The van der Waals surface area contributed by atoms with Gasteiger partial charge in [-0.05, 0) is 31.2 Å². The van der Waals surface area contributed by atoms with E-state index in [4.69, 9.17) is 10.5 Å². The first-order valence-corrected chi connectivity index (χ1v) is 7.48. The van der Waals surface area contributed by atoms with Crippen molar-refractivity contribution in [1.82, 2.24) is 10.2 Å². The Hall–Kier alpha value is -1.80. The van der Waals surface area contributed by atoms with Crippen LogP contribution >= 0.6 is 23.1 Å². The average molecular weight is 310 g/mol. The van der Waals surface area contributed by atoms with E-state index in [2.05, 4.69) is 15.5 Å². The molecule has 1 aromatic heterocycles. The van der Waals surface area contributed by atoms with E-state index in [0.29, 0.717) is 9.47 Å². The van der Waals surface area contributed by atoms with Gasteiger partial charge in [0.1, 0.15) is 5.75 Å². The number of nitrogens with two attached hydrogens (primary N) is 1. The summed E-state index contributed by atoms with van der Waals surface area (Å²) in [5, 5.41) is 11.5. The molecule has 106 valence electrons. The number of rotatable bonds is 6. The Labute approximate surface area is 124 Å². The molecule has 20 heavy (non-hydrogen) atoms. The topological polar surface area (TPSA) is 90.1 Å². The van der Waals surface area contributed by atoms with Gasteiger partial charge >= 0.3 is 0 Å². The molecular formula is C12H14N4O2S2. The summed E-state index contributed by atoms with van der Waals surface area (Å²) in [5.74, 6) is 0.425. The van der Waals surface area contributed by atoms with Crippen molar-refractivity contribution in [3.63, 3.8) is 0 Å². The van der Waals surface area contributed by atoms with Crippen molar-refractivity contribution >= 4 is 39.8 Å². The Morgan fingerprint density at radius 1 is 1.40 bits per heavy atom. The smallest absolute Gasteiger partial charge is 0.230 e. The van der Waals surface area contributed by atoms with Crippen LogP contribution in [-0.4, -0.2) is 28.5 Å². The molecule has 1 aromatic carbocycles. The Bertz CT molecular complexity index is 585. The van der Waals surface area contributed by atoms with Crippen molar-refractivity contribution in [2.24, 2.45) is 5.73 Å². The number of hydrogen-bond acceptors (Lipinski definition) is 7. The van der Waals surface area contributed by atoms with Gasteiger partial charge in [-0.2, -0.15) is 0 Å². The van der Waals surface area contributed by atoms with Crippen LogP contribution in [0.25, 0.3) is 0 Å². The SMILES string of the molecule is COc1ccc(Nc2nnc(S[C@H](C)C(N)=O)s2)cc1. The maximum Gasteiger partial charge on any atom is 0.230 e. The maximum absolute atomic E-state index is 11.0. The number of anilines is 2. The van der Waals surface area contributed by atoms with Crippen LogP contribution < -0.4 is 15.8 Å². The lowest BCUT2D eigenvalue weighted by atomic mass is 10.3. The lowest BCUT2D eigenvalue weighted by Gasteiger charge is -2.03. The summed E-state index contributed by atoms with van der Waals surface area (Å²) in [6, 6.07) is 7.49. The molecule has 6 nitrogen and oxygen atoms in total. The van der Waals surface area contributed by atoms with Gasteiger partial charge in [-0.3, -0.25) is 4.79 Å². The lowest BCUT2D eigenvalue weighted by Crippen LogP contribution is -2.22. The van der Waals surface area contributed by atoms with Crippen molar-refractivity contribution in [2.45, 2.75) is 16.5 Å². The third-order valence-electron chi connectivity index (χ3n) is 2.43. The minimum absolute atomic E-state index is 0.322. The molecular weight excluding hydrogens is 296 g/mol. The zero-order valence-electron chi connectivity index (χ0n) is 11.0. The van der Waals surface area contributed by atoms with Gasteiger partial charge in [0.15, 0.2) is 4.34 Å². The molecule has 8 heteroatoms. The third-order valence-corrected chi connectivity index (χ3v) is 4.47. The summed E-state index contributed by atoms with van der Waals surface area (Å²) in [5.41, 5.74) is 6.10. The fourth-order valence-electron chi connectivity index (χ4n) is 1.32. The number of nitrogens with one attached hydrogen (secondary N) is 1. The zero-order chi connectivity index (χ0) is 14.5. The molecule has 0 saturated heterocycles. The van der Waals surface area contributed by atoms with Crippen molar-refractivity contribution in [1.29, 1.82) is 0 Å². The van der Waals surface area contributed by atoms with Crippen LogP contribution in [0.2, 0.25) is 0 Å². The molecule has 0 aliphatic heterocycles. The summed E-state index contributed by atoms with van der Waals surface area (Å²) in [4.78, 5) is 11.0. The van der Waals surface area contributed by atoms with Crippen LogP contribution in [0.3, 0.4) is 0 Å². The number of carbonyl (C=O) groups is 1. The van der Waals surface area contributed by atoms with Gasteiger partial charge in [-0.15, -0.1) is 10.2 Å². The van der Waals surface area contributed by atoms with E-state index in [1.165, 1.54) is 23.1 Å². The molecule has 0 fully saturated rings. The van der Waals surface area contributed by atoms with Gasteiger partial charge in [0.2, 0.25) is 11.0 Å². The normalized spacial score (nSPS) is 11.9. The quantitative estimate of drug-likeness (QED) is 0.795. The van der Waals surface area contributed by atoms with Crippen LogP contribution in [0.1, 0.15) is 6.92 Å². The average Bonchev–Trinajstić information content (AvgIpc) is 2.86. The van der Waals surface area contributed by atoms with Crippen LogP contribution in [0.5, 0.6) is 5.75 Å². The Morgan fingerprint density at radius 2 is 2.10 bits per heavy atom. The number of amides is 1. The van der Waals surface area contributed by atoms with E-state index in [1.807, 2.05) is 24.3 Å². The molecule has 0 aliphatic rings. The second kappa shape index (κ2) is 6.58. The Balaban J connectivity index is 1.99. The summed E-state index contributed by atoms with van der Waals surface area (Å²) < 4.78 is 5.79. The molecule has 0 aliphatic carbocycles. The highest BCUT2D eigenvalue weighted by Gasteiger charge is 2.14. The number of primary amides is 1. The summed E-state index contributed by atoms with van der Waals surface area (Å²) in [6.07, 6.45) is 0. The van der Waals surface area contributed by atoms with Crippen molar-refractivity contribution in [2.75, 3.05) is 12.4 Å². The molecule has 0 unspecified atom stereocenters. The number of aromatic nitrogens is 2. The fraction of sp³-hybridized carbons (Fsp3) is 0.250. The first kappa shape index (κ1) is 14.6.